The molecule has 0 radical (unpaired) electrons. The third-order valence-electron chi connectivity index (χ3n) is 3.83. The SMILES string of the molecule is CC(C)CNS(=O)(=O)c1ccc(CNC(=O)C2CC2C(=O)O)cc1. The third kappa shape index (κ3) is 4.78. The lowest BCUT2D eigenvalue weighted by Gasteiger charge is -2.10. The maximum Gasteiger partial charge on any atom is 0.307 e. The van der Waals surface area contributed by atoms with Crippen molar-refractivity contribution in [3.63, 3.8) is 0 Å². The second-order valence-corrected chi connectivity index (χ2v) is 8.16. The Morgan fingerprint density at radius 3 is 2.33 bits per heavy atom. The van der Waals surface area contributed by atoms with Gasteiger partial charge in [-0.1, -0.05) is 26.0 Å². The van der Waals surface area contributed by atoms with Crippen molar-refractivity contribution in [3.8, 4) is 0 Å². The van der Waals surface area contributed by atoms with E-state index < -0.39 is 27.8 Å². The van der Waals surface area contributed by atoms with Crippen LogP contribution >= 0.6 is 0 Å². The Hall–Kier alpha value is -1.93. The summed E-state index contributed by atoms with van der Waals surface area (Å²) in [5.41, 5.74) is 0.749. The zero-order valence-corrected chi connectivity index (χ0v) is 14.5. The largest absolute Gasteiger partial charge is 0.481 e. The molecule has 132 valence electrons. The molecule has 8 heteroatoms. The van der Waals surface area contributed by atoms with Gasteiger partial charge in [-0.15, -0.1) is 0 Å². The first-order valence-corrected chi connectivity index (χ1v) is 9.28. The molecule has 1 aromatic carbocycles. The Morgan fingerprint density at radius 1 is 1.21 bits per heavy atom. The molecule has 1 aromatic rings. The molecule has 0 aliphatic heterocycles. The molecule has 0 aromatic heterocycles. The molecular weight excluding hydrogens is 332 g/mol. The highest BCUT2D eigenvalue weighted by molar-refractivity contribution is 7.89. The monoisotopic (exact) mass is 354 g/mol. The Labute approximate surface area is 141 Å². The zero-order valence-electron chi connectivity index (χ0n) is 13.7. The average Bonchev–Trinajstić information content (AvgIpc) is 3.32. The number of carbonyl (C=O) groups excluding carboxylic acids is 1. The summed E-state index contributed by atoms with van der Waals surface area (Å²) in [5, 5.41) is 11.5. The van der Waals surface area contributed by atoms with Crippen LogP contribution in [0.5, 0.6) is 0 Å². The molecule has 1 aliphatic carbocycles. The van der Waals surface area contributed by atoms with Gasteiger partial charge in [0.2, 0.25) is 15.9 Å². The van der Waals surface area contributed by atoms with Gasteiger partial charge in [0.25, 0.3) is 0 Å². The van der Waals surface area contributed by atoms with Gasteiger partial charge in [0.1, 0.15) is 0 Å². The number of nitrogens with one attached hydrogen (secondary N) is 2. The number of carbonyl (C=O) groups is 2. The molecule has 1 amide bonds. The molecule has 3 N–H and O–H groups in total. The molecule has 1 aliphatic rings. The molecule has 1 fully saturated rings. The summed E-state index contributed by atoms with van der Waals surface area (Å²) in [6.07, 6.45) is 0.375. The van der Waals surface area contributed by atoms with Crippen molar-refractivity contribution in [2.75, 3.05) is 6.54 Å². The number of carboxylic acid groups (broad SMARTS) is 1. The fourth-order valence-corrected chi connectivity index (χ4v) is 3.44. The van der Waals surface area contributed by atoms with Crippen molar-refractivity contribution in [1.29, 1.82) is 0 Å². The van der Waals surface area contributed by atoms with E-state index in [1.807, 2.05) is 13.8 Å². The molecule has 0 heterocycles. The Morgan fingerprint density at radius 2 is 1.83 bits per heavy atom. The van der Waals surface area contributed by atoms with E-state index in [1.165, 1.54) is 12.1 Å². The van der Waals surface area contributed by atoms with E-state index in [-0.39, 0.29) is 23.3 Å². The molecule has 2 atom stereocenters. The third-order valence-corrected chi connectivity index (χ3v) is 5.27. The number of rotatable bonds is 8. The van der Waals surface area contributed by atoms with Gasteiger partial charge in [0.15, 0.2) is 0 Å². The lowest BCUT2D eigenvalue weighted by molar-refractivity contribution is -0.140. The number of aliphatic carboxylic acids is 1. The first-order valence-electron chi connectivity index (χ1n) is 7.80. The molecular formula is C16H22N2O5S. The van der Waals surface area contributed by atoms with Crippen LogP contribution in [-0.4, -0.2) is 31.9 Å². The normalized spacial score (nSPS) is 20.0. The van der Waals surface area contributed by atoms with Crippen molar-refractivity contribution < 1.29 is 23.1 Å². The summed E-state index contributed by atoms with van der Waals surface area (Å²) in [6, 6.07) is 6.24. The maximum atomic E-state index is 12.1. The fraction of sp³-hybridized carbons (Fsp3) is 0.500. The highest BCUT2D eigenvalue weighted by Crippen LogP contribution is 2.38. The first kappa shape index (κ1) is 18.4. The lowest BCUT2D eigenvalue weighted by atomic mass is 10.2. The number of benzene rings is 1. The van der Waals surface area contributed by atoms with E-state index in [9.17, 15) is 18.0 Å². The second kappa shape index (κ2) is 7.31. The minimum Gasteiger partial charge on any atom is -0.481 e. The Balaban J connectivity index is 1.88. The molecule has 0 spiro atoms. The number of carboxylic acids is 1. The van der Waals surface area contributed by atoms with Crippen molar-refractivity contribution in [2.45, 2.75) is 31.7 Å². The summed E-state index contributed by atoms with van der Waals surface area (Å²) < 4.78 is 26.7. The van der Waals surface area contributed by atoms with Crippen molar-refractivity contribution >= 4 is 21.9 Å². The van der Waals surface area contributed by atoms with Crippen molar-refractivity contribution in [1.82, 2.24) is 10.0 Å². The van der Waals surface area contributed by atoms with Gasteiger partial charge in [-0.25, -0.2) is 13.1 Å². The van der Waals surface area contributed by atoms with Crippen LogP contribution in [0.2, 0.25) is 0 Å². The topological polar surface area (TPSA) is 113 Å². The van der Waals surface area contributed by atoms with Crippen LogP contribution in [0.4, 0.5) is 0 Å². The van der Waals surface area contributed by atoms with Crippen LogP contribution in [0.25, 0.3) is 0 Å². The summed E-state index contributed by atoms with van der Waals surface area (Å²) in [5.74, 6) is -2.05. The fourth-order valence-electron chi connectivity index (χ4n) is 2.22. The molecule has 2 unspecified atom stereocenters. The summed E-state index contributed by atoms with van der Waals surface area (Å²) >= 11 is 0. The van der Waals surface area contributed by atoms with Gasteiger partial charge < -0.3 is 10.4 Å². The van der Waals surface area contributed by atoms with Gasteiger partial charge in [-0.05, 0) is 30.0 Å². The number of hydrogen-bond acceptors (Lipinski definition) is 4. The van der Waals surface area contributed by atoms with Crippen LogP contribution < -0.4 is 10.0 Å². The Bertz CT molecular complexity index is 712. The van der Waals surface area contributed by atoms with Gasteiger partial charge >= 0.3 is 5.97 Å². The molecule has 7 nitrogen and oxygen atoms in total. The van der Waals surface area contributed by atoms with E-state index in [4.69, 9.17) is 5.11 Å². The minimum absolute atomic E-state index is 0.173. The summed E-state index contributed by atoms with van der Waals surface area (Å²) in [6.45, 7) is 4.44. The molecule has 0 saturated heterocycles. The Kier molecular flexibility index (Phi) is 5.61. The number of amides is 1. The molecule has 2 rings (SSSR count). The van der Waals surface area contributed by atoms with E-state index >= 15 is 0 Å². The molecule has 24 heavy (non-hydrogen) atoms. The quantitative estimate of drug-likeness (QED) is 0.643. The smallest absolute Gasteiger partial charge is 0.307 e. The van der Waals surface area contributed by atoms with Crippen molar-refractivity contribution in [2.24, 2.45) is 17.8 Å². The maximum absolute atomic E-state index is 12.1. The number of sulfonamides is 1. The van der Waals surface area contributed by atoms with Crippen LogP contribution in [0.15, 0.2) is 29.2 Å². The average molecular weight is 354 g/mol. The highest BCUT2D eigenvalue weighted by Gasteiger charge is 2.48. The van der Waals surface area contributed by atoms with Crippen molar-refractivity contribution in [3.05, 3.63) is 29.8 Å². The van der Waals surface area contributed by atoms with E-state index in [0.29, 0.717) is 13.0 Å². The van der Waals surface area contributed by atoms with E-state index in [2.05, 4.69) is 10.0 Å². The van der Waals surface area contributed by atoms with Gasteiger partial charge in [-0.2, -0.15) is 0 Å². The molecule has 0 bridgehead atoms. The first-order chi connectivity index (χ1) is 11.2. The van der Waals surface area contributed by atoms with Gasteiger partial charge in [-0.3, -0.25) is 9.59 Å². The standard InChI is InChI=1S/C16H22N2O5S/c1-10(2)8-18-24(22,23)12-5-3-11(4-6-12)9-17-15(19)13-7-14(13)16(20)21/h3-6,10,13-14,18H,7-9H2,1-2H3,(H,17,19)(H,20,21). The predicted molar refractivity (Wildman–Crippen MR) is 87.5 cm³/mol. The minimum atomic E-state index is -3.53. The molecule has 1 saturated carbocycles. The van der Waals surface area contributed by atoms with Crippen LogP contribution in [0.3, 0.4) is 0 Å². The van der Waals surface area contributed by atoms with Gasteiger partial charge in [0, 0.05) is 13.1 Å². The van der Waals surface area contributed by atoms with Crippen LogP contribution in [-0.2, 0) is 26.2 Å². The van der Waals surface area contributed by atoms with Gasteiger partial charge in [0.05, 0.1) is 16.7 Å². The van der Waals surface area contributed by atoms with Crippen LogP contribution in [0, 0.1) is 17.8 Å². The lowest BCUT2D eigenvalue weighted by Crippen LogP contribution is -2.27. The number of hydrogen-bond donors (Lipinski definition) is 3. The summed E-state index contributed by atoms with van der Waals surface area (Å²) in [7, 11) is -3.53. The predicted octanol–water partition coefficient (Wildman–Crippen LogP) is 0.958. The van der Waals surface area contributed by atoms with Crippen LogP contribution in [0.1, 0.15) is 25.8 Å². The van der Waals surface area contributed by atoms with E-state index in [0.717, 1.165) is 5.56 Å². The highest BCUT2D eigenvalue weighted by atomic mass is 32.2. The summed E-state index contributed by atoms with van der Waals surface area (Å²) in [4.78, 5) is 22.7. The van der Waals surface area contributed by atoms with E-state index in [1.54, 1.807) is 12.1 Å². The second-order valence-electron chi connectivity index (χ2n) is 6.39. The zero-order chi connectivity index (χ0) is 17.9.